The van der Waals surface area contributed by atoms with Gasteiger partial charge in [0.1, 0.15) is 35.1 Å². The Morgan fingerprint density at radius 2 is 1.85 bits per heavy atom. The Hall–Kier alpha value is -4.99. The summed E-state index contributed by atoms with van der Waals surface area (Å²) in [5.41, 5.74) is -2.50. The Balaban J connectivity index is 1.44. The first-order valence-corrected chi connectivity index (χ1v) is 20.0. The van der Waals surface area contributed by atoms with E-state index >= 15 is 0 Å². The van der Waals surface area contributed by atoms with Gasteiger partial charge in [-0.3, -0.25) is 23.9 Å². The van der Waals surface area contributed by atoms with Crippen LogP contribution in [0.5, 0.6) is 11.6 Å². The van der Waals surface area contributed by atoms with E-state index in [1.165, 1.54) is 17.1 Å². The topological polar surface area (TPSA) is 199 Å². The van der Waals surface area contributed by atoms with Crippen molar-refractivity contribution in [2.45, 2.75) is 108 Å². The molecule has 55 heavy (non-hydrogen) atoms. The molecular formula is C39H51N5O10S. The molecule has 15 nitrogen and oxygen atoms in total. The summed E-state index contributed by atoms with van der Waals surface area (Å²) in [7, 11) is -2.38. The van der Waals surface area contributed by atoms with Gasteiger partial charge in [-0.1, -0.05) is 26.0 Å². The molecule has 2 aliphatic carbocycles. The van der Waals surface area contributed by atoms with Crippen LogP contribution >= 0.6 is 0 Å². The lowest BCUT2D eigenvalue weighted by Gasteiger charge is -2.30. The van der Waals surface area contributed by atoms with Gasteiger partial charge in [0.25, 0.3) is 5.91 Å². The molecule has 4 amide bonds. The van der Waals surface area contributed by atoms with Crippen molar-refractivity contribution in [1.82, 2.24) is 25.2 Å². The van der Waals surface area contributed by atoms with Crippen molar-refractivity contribution in [3.05, 3.63) is 55.3 Å². The van der Waals surface area contributed by atoms with Crippen LogP contribution in [-0.2, 0) is 33.9 Å². The van der Waals surface area contributed by atoms with E-state index in [1.807, 2.05) is 19.9 Å². The summed E-state index contributed by atoms with van der Waals surface area (Å²) in [6, 6.07) is 4.62. The van der Waals surface area contributed by atoms with E-state index in [0.29, 0.717) is 24.0 Å². The average Bonchev–Trinajstić information content (AvgIpc) is 4.04. The van der Waals surface area contributed by atoms with Crippen LogP contribution in [0.25, 0.3) is 10.8 Å². The van der Waals surface area contributed by atoms with Gasteiger partial charge in [0.05, 0.1) is 18.9 Å². The van der Waals surface area contributed by atoms with Crippen molar-refractivity contribution in [2.24, 2.45) is 11.8 Å². The van der Waals surface area contributed by atoms with Gasteiger partial charge >= 0.3 is 6.09 Å². The van der Waals surface area contributed by atoms with E-state index in [0.717, 1.165) is 5.39 Å². The molecule has 0 radical (unpaired) electrons. The Morgan fingerprint density at radius 3 is 2.47 bits per heavy atom. The van der Waals surface area contributed by atoms with Gasteiger partial charge < -0.3 is 29.7 Å². The minimum absolute atomic E-state index is 0.0438. The van der Waals surface area contributed by atoms with E-state index in [1.54, 1.807) is 58.4 Å². The summed E-state index contributed by atoms with van der Waals surface area (Å²) in [5.74, 6) is -2.12. The van der Waals surface area contributed by atoms with E-state index in [-0.39, 0.29) is 49.8 Å². The van der Waals surface area contributed by atoms with Gasteiger partial charge in [-0.05, 0) is 88.1 Å². The molecule has 5 rings (SSSR count). The predicted octanol–water partition coefficient (Wildman–Crippen LogP) is 3.72. The number of allylic oxidation sites excluding steroid dienone is 2. The average molecular weight is 782 g/mol. The molecule has 0 spiro atoms. The first-order valence-electron chi connectivity index (χ1n) is 18.5. The fourth-order valence-corrected chi connectivity index (χ4v) is 7.84. The van der Waals surface area contributed by atoms with Crippen LogP contribution in [0.1, 0.15) is 73.1 Å². The predicted molar refractivity (Wildman–Crippen MR) is 203 cm³/mol. The second-order valence-electron chi connectivity index (χ2n) is 15.7. The maximum absolute atomic E-state index is 14.5. The van der Waals surface area contributed by atoms with Crippen molar-refractivity contribution in [1.29, 1.82) is 0 Å². The number of amides is 4. The number of alkyl carbamates (subject to hydrolysis) is 1. The monoisotopic (exact) mass is 781 g/mol. The van der Waals surface area contributed by atoms with Crippen LogP contribution in [0.2, 0.25) is 0 Å². The summed E-state index contributed by atoms with van der Waals surface area (Å²) in [6.07, 6.45) is 5.26. The Kier molecular flexibility index (Phi) is 12.3. The normalized spacial score (nSPS) is 22.9. The second kappa shape index (κ2) is 16.4. The Bertz CT molecular complexity index is 1970. The van der Waals surface area contributed by atoms with E-state index in [2.05, 4.69) is 26.9 Å². The minimum atomic E-state index is -3.93. The minimum Gasteiger partial charge on any atom is -0.497 e. The second-order valence-corrected chi connectivity index (χ2v) is 17.6. The number of hydrogen-bond acceptors (Lipinski definition) is 11. The molecule has 3 N–H and O–H groups in total. The molecule has 2 aromatic rings. The zero-order valence-electron chi connectivity index (χ0n) is 32.1. The molecule has 2 saturated carbocycles. The van der Waals surface area contributed by atoms with Crippen LogP contribution in [0.4, 0.5) is 4.79 Å². The first kappa shape index (κ1) is 41.2. The van der Waals surface area contributed by atoms with Gasteiger partial charge in [-0.15, -0.1) is 6.58 Å². The lowest BCUT2D eigenvalue weighted by Crippen LogP contribution is -2.58. The number of fused-ring (bicyclic) bond motifs is 1. The number of hydrogen-bond donors (Lipinski definition) is 3. The number of rotatable bonds is 16. The lowest BCUT2D eigenvalue weighted by molar-refractivity contribution is -0.141. The van der Waals surface area contributed by atoms with Gasteiger partial charge in [0.15, 0.2) is 5.78 Å². The van der Waals surface area contributed by atoms with Gasteiger partial charge in [-0.2, -0.15) is 0 Å². The molecule has 1 aromatic heterocycles. The van der Waals surface area contributed by atoms with Crippen molar-refractivity contribution < 1.29 is 46.6 Å². The number of pyridine rings is 1. The molecule has 1 aliphatic heterocycles. The zero-order valence-corrected chi connectivity index (χ0v) is 32.9. The zero-order chi connectivity index (χ0) is 40.3. The number of nitrogens with zero attached hydrogens (tertiary/aromatic N) is 2. The van der Waals surface area contributed by atoms with Crippen molar-refractivity contribution >= 4 is 50.4 Å². The Labute approximate surface area is 321 Å². The largest absolute Gasteiger partial charge is 0.497 e. The molecule has 5 unspecified atom stereocenters. The number of sulfonamides is 1. The number of carbonyl (C=O) groups excluding carboxylic acids is 5. The summed E-state index contributed by atoms with van der Waals surface area (Å²) < 4.78 is 44.7. The van der Waals surface area contributed by atoms with Gasteiger partial charge in [0, 0.05) is 30.3 Å². The highest BCUT2D eigenvalue weighted by Crippen LogP contribution is 2.45. The highest BCUT2D eigenvalue weighted by atomic mass is 32.2. The maximum atomic E-state index is 14.5. The summed E-state index contributed by atoms with van der Waals surface area (Å²) in [4.78, 5) is 73.8. The number of ether oxygens (including phenoxy) is 3. The molecule has 5 atom stereocenters. The number of carbonyl (C=O) groups is 5. The molecule has 3 aliphatic rings. The third-order valence-corrected chi connectivity index (χ3v) is 11.5. The summed E-state index contributed by atoms with van der Waals surface area (Å²) in [6.45, 7) is 12.5. The molecule has 0 bridgehead atoms. The highest BCUT2D eigenvalue weighted by molar-refractivity contribution is 7.91. The van der Waals surface area contributed by atoms with Crippen LogP contribution in [0, 0.1) is 11.8 Å². The molecular weight excluding hydrogens is 731 g/mol. The van der Waals surface area contributed by atoms with E-state index in [4.69, 9.17) is 14.2 Å². The molecule has 2 heterocycles. The third-order valence-electron chi connectivity index (χ3n) is 9.65. The SMILES string of the molecule is C=CC1CC1(NC(=O)C1CC(Oc2nccc3cc(OC)ccc23)CN1C(=O)C(CCC(=O)/C=C/C(C)C)NC(=O)OC(C)(C)C)C(=O)NS(=O)(=O)C1CC1. The van der Waals surface area contributed by atoms with Gasteiger partial charge in [-0.25, -0.2) is 18.2 Å². The van der Waals surface area contributed by atoms with Crippen molar-refractivity contribution in [3.8, 4) is 11.6 Å². The Morgan fingerprint density at radius 1 is 1.13 bits per heavy atom. The van der Waals surface area contributed by atoms with Crippen LogP contribution in [-0.4, -0.2) is 96.1 Å². The molecule has 298 valence electrons. The molecule has 3 fully saturated rings. The number of benzene rings is 1. The van der Waals surface area contributed by atoms with Crippen LogP contribution < -0.4 is 24.8 Å². The number of methoxy groups -OCH3 is 1. The van der Waals surface area contributed by atoms with Gasteiger partial charge in [0.2, 0.25) is 27.7 Å². The molecule has 16 heteroatoms. The first-order chi connectivity index (χ1) is 25.9. The number of likely N-dealkylation sites (tertiary alicyclic amines) is 1. The lowest BCUT2D eigenvalue weighted by atomic mass is 10.0. The summed E-state index contributed by atoms with van der Waals surface area (Å²) >= 11 is 0. The number of ketones is 1. The quantitative estimate of drug-likeness (QED) is 0.166. The van der Waals surface area contributed by atoms with Crippen molar-refractivity contribution in [2.75, 3.05) is 13.7 Å². The fraction of sp³-hybridized carbons (Fsp3) is 0.538. The number of aromatic nitrogens is 1. The van der Waals surface area contributed by atoms with Crippen LogP contribution in [0.3, 0.4) is 0 Å². The third kappa shape index (κ3) is 10.2. The summed E-state index contributed by atoms with van der Waals surface area (Å²) in [5, 5.41) is 6.12. The standard InChI is InChI=1S/C39H51N5O10S/c1-8-25-21-39(25,36(48)43-55(50,51)29-13-14-29)42-33(46)32-20-28(53-34-30-15-12-27(52-7)19-24(30)17-18-40-34)22-44(32)35(47)31(41-37(49)54-38(4,5)6)16-11-26(45)10-9-23(2)3/h8-10,12,15,17-19,23,25,28-29,31-32H,1,11,13-14,16,20-22H2,2-7H3,(H,41,49)(H,42,46)(H,43,48)/b10-9+. The number of nitrogens with one attached hydrogen (secondary N) is 3. The van der Waals surface area contributed by atoms with E-state index in [9.17, 15) is 32.4 Å². The molecule has 1 aromatic carbocycles. The maximum Gasteiger partial charge on any atom is 0.408 e. The van der Waals surface area contributed by atoms with Crippen molar-refractivity contribution in [3.63, 3.8) is 0 Å². The fourth-order valence-electron chi connectivity index (χ4n) is 6.48. The highest BCUT2D eigenvalue weighted by Gasteiger charge is 2.62. The molecule has 1 saturated heterocycles. The van der Waals surface area contributed by atoms with E-state index < -0.39 is 74.3 Å². The smallest absolute Gasteiger partial charge is 0.408 e. The van der Waals surface area contributed by atoms with Crippen LogP contribution in [0.15, 0.2) is 55.3 Å².